The zero-order valence-electron chi connectivity index (χ0n) is 11.1. The maximum atomic E-state index is 11.3. The van der Waals surface area contributed by atoms with Crippen LogP contribution in [0, 0.1) is 26.1 Å². The molecule has 2 unspecified atom stereocenters. The Morgan fingerprint density at radius 3 is 2.52 bits per heavy atom. The lowest BCUT2D eigenvalue weighted by atomic mass is 10.0. The molecule has 0 bridgehead atoms. The van der Waals surface area contributed by atoms with Gasteiger partial charge in [0.15, 0.2) is 0 Å². The molecule has 1 aliphatic heterocycles. The molecular weight excluding hydrogens is 282 g/mol. The third kappa shape index (κ3) is 2.62. The molecule has 0 radical (unpaired) electrons. The van der Waals surface area contributed by atoms with Gasteiger partial charge in [0.1, 0.15) is 11.7 Å². The molecule has 9 nitrogen and oxygen atoms in total. The molecule has 0 aliphatic carbocycles. The van der Waals surface area contributed by atoms with Crippen molar-refractivity contribution in [1.29, 1.82) is 0 Å². The van der Waals surface area contributed by atoms with E-state index in [1.54, 1.807) is 6.92 Å². The number of nitro benzene ring substituents is 2. The first-order chi connectivity index (χ1) is 9.82. The number of non-ortho nitro benzene ring substituents is 1. The van der Waals surface area contributed by atoms with Crippen molar-refractivity contribution in [2.24, 2.45) is 5.92 Å². The van der Waals surface area contributed by atoms with Gasteiger partial charge in [-0.1, -0.05) is 6.92 Å². The van der Waals surface area contributed by atoms with Gasteiger partial charge in [-0.15, -0.1) is 0 Å². The largest absolute Gasteiger partial charge is 0.480 e. The molecule has 0 amide bonds. The third-order valence-electron chi connectivity index (χ3n) is 3.63. The van der Waals surface area contributed by atoms with Crippen LogP contribution in [0.5, 0.6) is 0 Å². The molecule has 9 heteroatoms. The Labute approximate surface area is 119 Å². The summed E-state index contributed by atoms with van der Waals surface area (Å²) in [7, 11) is 0. The number of nitro groups is 2. The molecule has 1 fully saturated rings. The molecular formula is C12H13N3O6. The van der Waals surface area contributed by atoms with E-state index in [9.17, 15) is 30.1 Å². The van der Waals surface area contributed by atoms with Gasteiger partial charge in [0, 0.05) is 12.6 Å². The normalized spacial score (nSPS) is 21.3. The van der Waals surface area contributed by atoms with Gasteiger partial charge in [-0.3, -0.25) is 20.2 Å². The lowest BCUT2D eigenvalue weighted by Crippen LogP contribution is -2.39. The fourth-order valence-corrected chi connectivity index (χ4v) is 2.61. The molecule has 1 aromatic rings. The van der Waals surface area contributed by atoms with Crippen LogP contribution in [0.3, 0.4) is 0 Å². The second-order valence-corrected chi connectivity index (χ2v) is 4.93. The highest BCUT2D eigenvalue weighted by molar-refractivity contribution is 5.81. The number of carboxylic acid groups (broad SMARTS) is 1. The number of aliphatic carboxylic acids is 1. The molecule has 1 heterocycles. The van der Waals surface area contributed by atoms with Crippen molar-refractivity contribution < 1.29 is 19.7 Å². The quantitative estimate of drug-likeness (QED) is 0.662. The van der Waals surface area contributed by atoms with Crippen LogP contribution in [0.1, 0.15) is 13.3 Å². The van der Waals surface area contributed by atoms with Gasteiger partial charge in [-0.2, -0.15) is 0 Å². The number of nitrogens with zero attached hydrogens (tertiary/aromatic N) is 3. The van der Waals surface area contributed by atoms with Crippen LogP contribution >= 0.6 is 0 Å². The first-order valence-corrected chi connectivity index (χ1v) is 6.25. The molecule has 2 atom stereocenters. The van der Waals surface area contributed by atoms with Crippen molar-refractivity contribution in [3.05, 3.63) is 38.4 Å². The number of carbonyl (C=O) groups is 1. The van der Waals surface area contributed by atoms with Gasteiger partial charge < -0.3 is 10.0 Å². The lowest BCUT2D eigenvalue weighted by molar-refractivity contribution is -0.393. The Morgan fingerprint density at radius 2 is 2.00 bits per heavy atom. The molecule has 21 heavy (non-hydrogen) atoms. The van der Waals surface area contributed by atoms with Crippen LogP contribution in [0.2, 0.25) is 0 Å². The Bertz CT molecular complexity index is 617. The Kier molecular flexibility index (Phi) is 3.74. The number of anilines is 1. The maximum Gasteiger partial charge on any atom is 0.326 e. The molecule has 0 saturated carbocycles. The average Bonchev–Trinajstić information content (AvgIpc) is 2.79. The monoisotopic (exact) mass is 295 g/mol. The Morgan fingerprint density at radius 1 is 1.33 bits per heavy atom. The topological polar surface area (TPSA) is 127 Å². The third-order valence-corrected chi connectivity index (χ3v) is 3.63. The van der Waals surface area contributed by atoms with Gasteiger partial charge in [-0.05, 0) is 18.4 Å². The predicted octanol–water partition coefficient (Wildman–Crippen LogP) is 1.80. The first kappa shape index (κ1) is 14.7. The Balaban J connectivity index is 2.50. The van der Waals surface area contributed by atoms with Gasteiger partial charge in [0.2, 0.25) is 0 Å². The van der Waals surface area contributed by atoms with Gasteiger partial charge in [0.25, 0.3) is 11.4 Å². The molecule has 112 valence electrons. The van der Waals surface area contributed by atoms with E-state index in [1.807, 2.05) is 0 Å². The molecule has 2 rings (SSSR count). The fourth-order valence-electron chi connectivity index (χ4n) is 2.61. The van der Waals surface area contributed by atoms with Crippen LogP contribution in [-0.4, -0.2) is 33.5 Å². The van der Waals surface area contributed by atoms with Gasteiger partial charge >= 0.3 is 5.97 Å². The van der Waals surface area contributed by atoms with E-state index in [2.05, 4.69) is 0 Å². The highest BCUT2D eigenvalue weighted by atomic mass is 16.6. The van der Waals surface area contributed by atoms with Crippen molar-refractivity contribution >= 4 is 23.0 Å². The van der Waals surface area contributed by atoms with Crippen LogP contribution < -0.4 is 4.90 Å². The van der Waals surface area contributed by atoms with E-state index in [4.69, 9.17) is 0 Å². The highest BCUT2D eigenvalue weighted by Gasteiger charge is 2.39. The summed E-state index contributed by atoms with van der Waals surface area (Å²) in [4.78, 5) is 33.1. The van der Waals surface area contributed by atoms with Crippen molar-refractivity contribution in [3.63, 3.8) is 0 Å². The smallest absolute Gasteiger partial charge is 0.326 e. The zero-order valence-corrected chi connectivity index (χ0v) is 11.1. The molecule has 1 aromatic carbocycles. The number of carboxylic acids is 1. The first-order valence-electron chi connectivity index (χ1n) is 6.25. The van der Waals surface area contributed by atoms with Crippen LogP contribution in [-0.2, 0) is 4.79 Å². The average molecular weight is 295 g/mol. The molecule has 1 aliphatic rings. The van der Waals surface area contributed by atoms with Crippen molar-refractivity contribution in [2.45, 2.75) is 19.4 Å². The summed E-state index contributed by atoms with van der Waals surface area (Å²) in [5, 5.41) is 31.1. The van der Waals surface area contributed by atoms with E-state index in [1.165, 1.54) is 11.0 Å². The molecule has 0 aromatic heterocycles. The summed E-state index contributed by atoms with van der Waals surface area (Å²) in [5.41, 5.74) is -0.753. The molecule has 1 N–H and O–H groups in total. The fraction of sp³-hybridized carbons (Fsp3) is 0.417. The molecule has 0 spiro atoms. The highest BCUT2D eigenvalue weighted by Crippen LogP contribution is 2.37. The van der Waals surface area contributed by atoms with Gasteiger partial charge in [-0.25, -0.2) is 4.79 Å². The number of benzene rings is 1. The van der Waals surface area contributed by atoms with E-state index in [0.717, 1.165) is 12.1 Å². The lowest BCUT2D eigenvalue weighted by Gasteiger charge is -2.24. The van der Waals surface area contributed by atoms with Crippen LogP contribution in [0.15, 0.2) is 18.2 Å². The summed E-state index contributed by atoms with van der Waals surface area (Å²) in [6, 6.07) is 2.37. The second-order valence-electron chi connectivity index (χ2n) is 4.93. The van der Waals surface area contributed by atoms with Crippen molar-refractivity contribution in [1.82, 2.24) is 0 Å². The summed E-state index contributed by atoms with van der Waals surface area (Å²) in [5.74, 6) is -1.22. The Hall–Kier alpha value is -2.71. The number of hydrogen-bond acceptors (Lipinski definition) is 6. The summed E-state index contributed by atoms with van der Waals surface area (Å²) < 4.78 is 0. The summed E-state index contributed by atoms with van der Waals surface area (Å²) >= 11 is 0. The van der Waals surface area contributed by atoms with Crippen LogP contribution in [0.4, 0.5) is 17.1 Å². The predicted molar refractivity (Wildman–Crippen MR) is 72.3 cm³/mol. The minimum absolute atomic E-state index is 0.0994. The summed E-state index contributed by atoms with van der Waals surface area (Å²) in [6.07, 6.45) is 0.588. The SMILES string of the molecule is CC1CCN(c2ccc([N+](=O)[O-])cc2[N+](=O)[O-])C1C(=O)O. The minimum Gasteiger partial charge on any atom is -0.480 e. The maximum absolute atomic E-state index is 11.3. The summed E-state index contributed by atoms with van der Waals surface area (Å²) in [6.45, 7) is 2.12. The van der Waals surface area contributed by atoms with Crippen molar-refractivity contribution in [3.8, 4) is 0 Å². The van der Waals surface area contributed by atoms with Crippen LogP contribution in [0.25, 0.3) is 0 Å². The number of hydrogen-bond donors (Lipinski definition) is 1. The van der Waals surface area contributed by atoms with Crippen molar-refractivity contribution in [2.75, 3.05) is 11.4 Å². The number of rotatable bonds is 4. The van der Waals surface area contributed by atoms with E-state index < -0.39 is 33.2 Å². The van der Waals surface area contributed by atoms with E-state index in [0.29, 0.717) is 13.0 Å². The minimum atomic E-state index is -1.06. The zero-order chi connectivity index (χ0) is 15.7. The standard InChI is InChI=1S/C12H13N3O6/c1-7-4-5-13(11(7)12(16)17)9-3-2-8(14(18)19)6-10(9)15(20)21/h2-3,6-7,11H,4-5H2,1H3,(H,16,17). The van der Waals surface area contributed by atoms with E-state index >= 15 is 0 Å². The molecule has 1 saturated heterocycles. The van der Waals surface area contributed by atoms with Gasteiger partial charge in [0.05, 0.1) is 15.9 Å². The second kappa shape index (κ2) is 5.35. The van der Waals surface area contributed by atoms with E-state index in [-0.39, 0.29) is 11.6 Å².